The molecule has 2 rings (SSSR count). The Labute approximate surface area is 123 Å². The van der Waals surface area contributed by atoms with Gasteiger partial charge in [-0.25, -0.2) is 0 Å². The number of hydrogen-bond acceptors (Lipinski definition) is 2. The Morgan fingerprint density at radius 2 is 1.95 bits per heavy atom. The lowest BCUT2D eigenvalue weighted by atomic mass is 10.0. The van der Waals surface area contributed by atoms with E-state index in [4.69, 9.17) is 23.2 Å². The van der Waals surface area contributed by atoms with E-state index in [2.05, 4.69) is 34.6 Å². The highest BCUT2D eigenvalue weighted by molar-refractivity contribution is 6.34. The second kappa shape index (κ2) is 6.90. The van der Waals surface area contributed by atoms with E-state index in [-0.39, 0.29) is 6.04 Å². The van der Waals surface area contributed by atoms with Crippen molar-refractivity contribution >= 4 is 23.2 Å². The molecule has 19 heavy (non-hydrogen) atoms. The van der Waals surface area contributed by atoms with Crippen LogP contribution < -0.4 is 5.32 Å². The average Bonchev–Trinajstić information content (AvgIpc) is 2.42. The normalized spacial score (nSPS) is 12.4. The quantitative estimate of drug-likeness (QED) is 0.890. The third-order valence-electron chi connectivity index (χ3n) is 3.08. The highest BCUT2D eigenvalue weighted by atomic mass is 35.5. The molecule has 1 unspecified atom stereocenters. The molecule has 2 nitrogen and oxygen atoms in total. The van der Waals surface area contributed by atoms with Crippen molar-refractivity contribution in [1.82, 2.24) is 10.3 Å². The van der Waals surface area contributed by atoms with Crippen LogP contribution in [0.4, 0.5) is 0 Å². The molecule has 0 fully saturated rings. The number of aromatic nitrogens is 1. The lowest BCUT2D eigenvalue weighted by Gasteiger charge is -2.17. The van der Waals surface area contributed by atoms with Crippen molar-refractivity contribution < 1.29 is 0 Å². The van der Waals surface area contributed by atoms with Crippen LogP contribution in [-0.2, 0) is 6.42 Å². The number of halogens is 2. The van der Waals surface area contributed by atoms with Crippen LogP contribution in [0.1, 0.15) is 23.7 Å². The molecule has 0 bridgehead atoms. The number of pyridine rings is 1. The van der Waals surface area contributed by atoms with E-state index < -0.39 is 0 Å². The third-order valence-corrected chi connectivity index (χ3v) is 3.59. The summed E-state index contributed by atoms with van der Waals surface area (Å²) in [4.78, 5) is 4.33. The highest BCUT2D eigenvalue weighted by Gasteiger charge is 2.14. The van der Waals surface area contributed by atoms with Crippen molar-refractivity contribution in [1.29, 1.82) is 0 Å². The molecule has 0 aliphatic heterocycles. The number of aryl methyl sites for hydroxylation is 1. The second-order valence-corrected chi connectivity index (χ2v) is 5.23. The monoisotopic (exact) mass is 294 g/mol. The lowest BCUT2D eigenvalue weighted by Crippen LogP contribution is -2.18. The zero-order valence-electron chi connectivity index (χ0n) is 10.7. The predicted octanol–water partition coefficient (Wildman–Crippen LogP) is 4.28. The summed E-state index contributed by atoms with van der Waals surface area (Å²) >= 11 is 12.1. The molecule has 1 atom stereocenters. The van der Waals surface area contributed by atoms with Crippen LogP contribution >= 0.6 is 23.2 Å². The molecule has 0 spiro atoms. The Balaban J connectivity index is 2.08. The second-order valence-electron chi connectivity index (χ2n) is 4.39. The van der Waals surface area contributed by atoms with Crippen molar-refractivity contribution in [3.63, 3.8) is 0 Å². The van der Waals surface area contributed by atoms with Crippen molar-refractivity contribution in [2.24, 2.45) is 0 Å². The fourth-order valence-electron chi connectivity index (χ4n) is 2.06. The van der Waals surface area contributed by atoms with Gasteiger partial charge >= 0.3 is 0 Å². The summed E-state index contributed by atoms with van der Waals surface area (Å²) in [5.74, 6) is 0. The average molecular weight is 295 g/mol. The maximum Gasteiger partial charge on any atom is 0.0760 e. The zero-order chi connectivity index (χ0) is 13.7. The minimum atomic E-state index is 0.130. The van der Waals surface area contributed by atoms with E-state index in [0.29, 0.717) is 10.0 Å². The van der Waals surface area contributed by atoms with E-state index in [1.807, 2.05) is 13.1 Å². The molecular formula is C15H16Cl2N2. The summed E-state index contributed by atoms with van der Waals surface area (Å²) in [5, 5.41) is 4.43. The van der Waals surface area contributed by atoms with E-state index in [9.17, 15) is 0 Å². The first-order valence-electron chi connectivity index (χ1n) is 6.23. The van der Waals surface area contributed by atoms with Gasteiger partial charge in [-0.15, -0.1) is 0 Å². The van der Waals surface area contributed by atoms with E-state index in [0.717, 1.165) is 18.5 Å². The van der Waals surface area contributed by atoms with Gasteiger partial charge in [-0.1, -0.05) is 53.5 Å². The molecule has 1 N–H and O–H groups in total. The van der Waals surface area contributed by atoms with Gasteiger partial charge in [0.1, 0.15) is 0 Å². The van der Waals surface area contributed by atoms with Gasteiger partial charge in [0.2, 0.25) is 0 Å². The first kappa shape index (κ1) is 14.3. The largest absolute Gasteiger partial charge is 0.312 e. The summed E-state index contributed by atoms with van der Waals surface area (Å²) in [5.41, 5.74) is 2.16. The first-order chi connectivity index (χ1) is 9.20. The Kier molecular flexibility index (Phi) is 5.20. The number of hydrogen-bond donors (Lipinski definition) is 1. The van der Waals surface area contributed by atoms with Crippen LogP contribution in [0.3, 0.4) is 0 Å². The molecule has 4 heteroatoms. The van der Waals surface area contributed by atoms with Crippen LogP contribution in [0.15, 0.2) is 42.6 Å². The van der Waals surface area contributed by atoms with Gasteiger partial charge in [-0.05, 0) is 31.5 Å². The third kappa shape index (κ3) is 3.93. The first-order valence-corrected chi connectivity index (χ1v) is 6.98. The van der Waals surface area contributed by atoms with Crippen LogP contribution in [0.5, 0.6) is 0 Å². The van der Waals surface area contributed by atoms with Gasteiger partial charge in [-0.3, -0.25) is 4.98 Å². The topological polar surface area (TPSA) is 24.9 Å². The summed E-state index contributed by atoms with van der Waals surface area (Å²) < 4.78 is 0. The van der Waals surface area contributed by atoms with Gasteiger partial charge in [0.15, 0.2) is 0 Å². The van der Waals surface area contributed by atoms with Crippen LogP contribution in [0.25, 0.3) is 0 Å². The number of nitrogens with one attached hydrogen (secondary N) is 1. The minimum absolute atomic E-state index is 0.130. The molecule has 1 aromatic carbocycles. The summed E-state index contributed by atoms with van der Waals surface area (Å²) in [6, 6.07) is 12.3. The summed E-state index contributed by atoms with van der Waals surface area (Å²) in [7, 11) is 1.92. The molecular weight excluding hydrogens is 279 g/mol. The summed E-state index contributed by atoms with van der Waals surface area (Å²) in [6.07, 6.45) is 3.55. The maximum atomic E-state index is 6.20. The Morgan fingerprint density at radius 3 is 2.58 bits per heavy atom. The molecule has 0 saturated heterocycles. The predicted molar refractivity (Wildman–Crippen MR) is 80.8 cm³/mol. The van der Waals surface area contributed by atoms with Crippen LogP contribution in [-0.4, -0.2) is 12.0 Å². The van der Waals surface area contributed by atoms with Crippen molar-refractivity contribution in [2.45, 2.75) is 18.9 Å². The number of benzene rings is 1. The van der Waals surface area contributed by atoms with Crippen molar-refractivity contribution in [3.05, 3.63) is 63.9 Å². The zero-order valence-corrected chi connectivity index (χ0v) is 12.2. The molecule has 2 aromatic rings. The molecule has 0 saturated carbocycles. The molecule has 0 aliphatic rings. The van der Waals surface area contributed by atoms with Crippen LogP contribution in [0, 0.1) is 0 Å². The molecule has 100 valence electrons. The van der Waals surface area contributed by atoms with Gasteiger partial charge in [-0.2, -0.15) is 0 Å². The van der Waals surface area contributed by atoms with E-state index >= 15 is 0 Å². The van der Waals surface area contributed by atoms with Gasteiger partial charge in [0.05, 0.1) is 21.8 Å². The SMILES string of the molecule is CNC(CCc1ccccc1)c1ncc(Cl)cc1Cl. The van der Waals surface area contributed by atoms with Crippen molar-refractivity contribution in [3.8, 4) is 0 Å². The van der Waals surface area contributed by atoms with Gasteiger partial charge in [0.25, 0.3) is 0 Å². The standard InChI is InChI=1S/C15H16Cl2N2/c1-18-14(8-7-11-5-3-2-4-6-11)15-13(17)9-12(16)10-19-15/h2-6,9-10,14,18H,7-8H2,1H3. The summed E-state index contributed by atoms with van der Waals surface area (Å²) in [6.45, 7) is 0. The molecule has 0 aliphatic carbocycles. The van der Waals surface area contributed by atoms with Crippen LogP contribution in [0.2, 0.25) is 10.0 Å². The number of rotatable bonds is 5. The van der Waals surface area contributed by atoms with Gasteiger partial charge < -0.3 is 5.32 Å². The fourth-order valence-corrected chi connectivity index (χ4v) is 2.57. The Hall–Kier alpha value is -1.09. The smallest absolute Gasteiger partial charge is 0.0760 e. The molecule has 1 heterocycles. The molecule has 0 amide bonds. The Bertz CT molecular complexity index is 529. The lowest BCUT2D eigenvalue weighted by molar-refractivity contribution is 0.536. The molecule has 0 radical (unpaired) electrons. The molecule has 1 aromatic heterocycles. The van der Waals surface area contributed by atoms with Gasteiger partial charge in [0, 0.05) is 6.20 Å². The fraction of sp³-hybridized carbons (Fsp3) is 0.267. The number of nitrogens with zero attached hydrogens (tertiary/aromatic N) is 1. The maximum absolute atomic E-state index is 6.20. The van der Waals surface area contributed by atoms with E-state index in [1.54, 1.807) is 12.3 Å². The minimum Gasteiger partial charge on any atom is -0.312 e. The van der Waals surface area contributed by atoms with Crippen molar-refractivity contribution in [2.75, 3.05) is 7.05 Å². The highest BCUT2D eigenvalue weighted by Crippen LogP contribution is 2.26. The van der Waals surface area contributed by atoms with E-state index in [1.165, 1.54) is 5.56 Å². The Morgan fingerprint density at radius 1 is 1.21 bits per heavy atom.